The number of benzene rings is 3. The number of hydrogen-bond donors (Lipinski definition) is 0. The van der Waals surface area contributed by atoms with Gasteiger partial charge in [-0.25, -0.2) is 4.98 Å². The van der Waals surface area contributed by atoms with Gasteiger partial charge in [0.1, 0.15) is 5.82 Å². The average Bonchev–Trinajstić information content (AvgIpc) is 3.22. The van der Waals surface area contributed by atoms with Crippen molar-refractivity contribution in [1.29, 1.82) is 0 Å². The topological polar surface area (TPSA) is 30.7 Å². The number of fused-ring (bicyclic) bond motifs is 3. The Kier molecular flexibility index (Phi) is 5.22. The van der Waals surface area contributed by atoms with Crippen LogP contribution in [0.5, 0.6) is 0 Å². The van der Waals surface area contributed by atoms with Crippen molar-refractivity contribution in [2.75, 3.05) is 0 Å². The smallest absolute Gasteiger partial charge is 0.230 e. The van der Waals surface area contributed by atoms with Crippen molar-refractivity contribution >= 4 is 39.6 Å². The molecule has 3 aromatic heterocycles. The molecule has 0 aliphatic carbocycles. The minimum Gasteiger partial charge on any atom is -0.294 e. The number of aryl methyl sites for hydroxylation is 2. The summed E-state index contributed by atoms with van der Waals surface area (Å²) < 4.78 is 2.30. The van der Waals surface area contributed by atoms with Gasteiger partial charge in [-0.05, 0) is 66.4 Å². The van der Waals surface area contributed by atoms with Crippen molar-refractivity contribution in [3.63, 3.8) is 0 Å². The van der Waals surface area contributed by atoms with E-state index in [0.717, 1.165) is 17.0 Å². The number of aromatic nitrogens is 3. The molecule has 0 saturated carbocycles. The predicted molar refractivity (Wildman–Crippen MR) is 149 cm³/mol. The Morgan fingerprint density at radius 2 is 1.49 bits per heavy atom. The van der Waals surface area contributed by atoms with Gasteiger partial charge in [0.15, 0.2) is 0 Å². The summed E-state index contributed by atoms with van der Waals surface area (Å²) in [6, 6.07) is 32.6. The van der Waals surface area contributed by atoms with Gasteiger partial charge in [-0.3, -0.25) is 9.55 Å². The molecule has 0 spiro atoms. The Bertz CT molecular complexity index is 1700. The third-order valence-electron chi connectivity index (χ3n) is 6.97. The predicted octanol–water partition coefficient (Wildman–Crippen LogP) is 6.10. The summed E-state index contributed by atoms with van der Waals surface area (Å²) in [6.07, 6.45) is 3.77. The molecule has 35 heavy (non-hydrogen) atoms. The first-order valence-corrected chi connectivity index (χ1v) is 12.1. The van der Waals surface area contributed by atoms with E-state index in [9.17, 15) is 0 Å². The molecule has 168 valence electrons. The number of rotatable bonds is 4. The van der Waals surface area contributed by atoms with E-state index in [4.69, 9.17) is 4.98 Å². The molecule has 0 aliphatic rings. The molecule has 0 N–H and O–H groups in total. The van der Waals surface area contributed by atoms with Crippen LogP contribution in [-0.2, 0) is 0 Å². The molecule has 0 amide bonds. The van der Waals surface area contributed by atoms with Crippen molar-refractivity contribution in [2.45, 2.75) is 20.7 Å². The quantitative estimate of drug-likeness (QED) is 0.304. The van der Waals surface area contributed by atoms with Crippen LogP contribution < -0.4 is 11.1 Å². The largest absolute Gasteiger partial charge is 0.294 e. The lowest BCUT2D eigenvalue weighted by molar-refractivity contribution is 1.05. The first-order valence-electron chi connectivity index (χ1n) is 12.1. The van der Waals surface area contributed by atoms with Gasteiger partial charge in [0.2, 0.25) is 6.71 Å². The number of pyridine rings is 2. The molecule has 0 atom stereocenters. The SMILES string of the molecule is CB(c1cccc(-c2ccc3c4ccccc4n(-c4ncccc4C)c3c2)c1)c1cc(C)ccn1. The maximum absolute atomic E-state index is 4.76. The van der Waals surface area contributed by atoms with Gasteiger partial charge in [-0.1, -0.05) is 72.9 Å². The Balaban J connectivity index is 1.52. The third kappa shape index (κ3) is 3.72. The zero-order chi connectivity index (χ0) is 23.9. The van der Waals surface area contributed by atoms with Gasteiger partial charge in [0, 0.05) is 28.8 Å². The first kappa shape index (κ1) is 21.4. The highest BCUT2D eigenvalue weighted by Gasteiger charge is 2.17. The van der Waals surface area contributed by atoms with Gasteiger partial charge in [0.25, 0.3) is 0 Å². The van der Waals surface area contributed by atoms with Crippen LogP contribution in [0.1, 0.15) is 11.1 Å². The minimum absolute atomic E-state index is 0.223. The minimum atomic E-state index is 0.223. The molecule has 0 saturated heterocycles. The maximum Gasteiger partial charge on any atom is 0.230 e. The Morgan fingerprint density at radius 1 is 0.657 bits per heavy atom. The van der Waals surface area contributed by atoms with Crippen LogP contribution >= 0.6 is 0 Å². The van der Waals surface area contributed by atoms with Crippen LogP contribution in [0.15, 0.2) is 103 Å². The van der Waals surface area contributed by atoms with Crippen molar-refractivity contribution in [2.24, 2.45) is 0 Å². The van der Waals surface area contributed by atoms with Crippen molar-refractivity contribution in [3.05, 3.63) is 115 Å². The molecule has 3 nitrogen and oxygen atoms in total. The molecular weight excluding hydrogens is 425 g/mol. The summed E-state index contributed by atoms with van der Waals surface area (Å²) in [5.74, 6) is 0.976. The lowest BCUT2D eigenvalue weighted by Crippen LogP contribution is -2.41. The lowest BCUT2D eigenvalue weighted by atomic mass is 9.44. The summed E-state index contributed by atoms with van der Waals surface area (Å²) in [4.78, 5) is 9.38. The Hall–Kier alpha value is -4.18. The fourth-order valence-corrected chi connectivity index (χ4v) is 5.04. The molecule has 6 rings (SSSR count). The molecule has 0 aliphatic heterocycles. The standard InChI is InChI=1S/C31H26BN3/c1-21-15-17-33-30(18-21)32(3)25-10-6-9-23(19-25)24-13-14-27-26-11-4-5-12-28(26)35(29(27)20-24)31-22(2)8-7-16-34-31/h4-20H,1-3H3. The Labute approximate surface area is 206 Å². The molecule has 0 bridgehead atoms. The second-order valence-electron chi connectivity index (χ2n) is 9.33. The van der Waals surface area contributed by atoms with Crippen LogP contribution in [0.3, 0.4) is 0 Å². The van der Waals surface area contributed by atoms with Gasteiger partial charge in [-0.15, -0.1) is 0 Å². The molecule has 0 fully saturated rings. The monoisotopic (exact) mass is 451 g/mol. The van der Waals surface area contributed by atoms with Crippen molar-refractivity contribution in [3.8, 4) is 16.9 Å². The highest BCUT2D eigenvalue weighted by atomic mass is 15.1. The van der Waals surface area contributed by atoms with E-state index in [1.165, 1.54) is 44.0 Å². The molecule has 3 heterocycles. The van der Waals surface area contributed by atoms with E-state index in [1.807, 2.05) is 24.5 Å². The van der Waals surface area contributed by atoms with E-state index in [2.05, 4.69) is 109 Å². The second-order valence-corrected chi connectivity index (χ2v) is 9.33. The highest BCUT2D eigenvalue weighted by Crippen LogP contribution is 2.34. The summed E-state index contributed by atoms with van der Waals surface area (Å²) in [5.41, 5.74) is 9.51. The molecule has 0 radical (unpaired) electrons. The summed E-state index contributed by atoms with van der Waals surface area (Å²) in [5, 5.41) is 2.48. The van der Waals surface area contributed by atoms with E-state index in [-0.39, 0.29) is 6.71 Å². The van der Waals surface area contributed by atoms with Crippen molar-refractivity contribution in [1.82, 2.24) is 14.5 Å². The maximum atomic E-state index is 4.76. The number of nitrogens with zero attached hydrogens (tertiary/aromatic N) is 3. The van der Waals surface area contributed by atoms with Crippen LogP contribution in [0, 0.1) is 13.8 Å². The van der Waals surface area contributed by atoms with Crippen molar-refractivity contribution < 1.29 is 0 Å². The normalized spacial score (nSPS) is 11.3. The highest BCUT2D eigenvalue weighted by molar-refractivity contribution is 6.83. The summed E-state index contributed by atoms with van der Waals surface area (Å²) in [7, 11) is 0. The summed E-state index contributed by atoms with van der Waals surface area (Å²) >= 11 is 0. The van der Waals surface area contributed by atoms with Gasteiger partial charge in [0.05, 0.1) is 11.0 Å². The zero-order valence-electron chi connectivity index (χ0n) is 20.2. The fourth-order valence-electron chi connectivity index (χ4n) is 5.04. The summed E-state index contributed by atoms with van der Waals surface area (Å²) in [6.45, 7) is 6.69. The van der Waals surface area contributed by atoms with E-state index in [1.54, 1.807) is 0 Å². The number of para-hydroxylation sites is 1. The van der Waals surface area contributed by atoms with Gasteiger partial charge >= 0.3 is 0 Å². The second kappa shape index (κ2) is 8.55. The molecular formula is C31H26BN3. The van der Waals surface area contributed by atoms with Crippen LogP contribution in [-0.4, -0.2) is 21.2 Å². The van der Waals surface area contributed by atoms with Crippen LogP contribution in [0.2, 0.25) is 6.82 Å². The lowest BCUT2D eigenvalue weighted by Gasteiger charge is -2.12. The molecule has 0 unspecified atom stereocenters. The van der Waals surface area contributed by atoms with E-state index >= 15 is 0 Å². The first-order chi connectivity index (χ1) is 17.1. The van der Waals surface area contributed by atoms with Crippen LogP contribution in [0.4, 0.5) is 0 Å². The van der Waals surface area contributed by atoms with E-state index in [0.29, 0.717) is 0 Å². The third-order valence-corrected chi connectivity index (χ3v) is 6.97. The number of hydrogen-bond acceptors (Lipinski definition) is 2. The average molecular weight is 451 g/mol. The molecule has 6 aromatic rings. The Morgan fingerprint density at radius 3 is 2.34 bits per heavy atom. The molecule has 4 heteroatoms. The molecule has 3 aromatic carbocycles. The van der Waals surface area contributed by atoms with E-state index < -0.39 is 0 Å². The van der Waals surface area contributed by atoms with Crippen LogP contribution in [0.25, 0.3) is 38.8 Å². The fraction of sp³-hybridized carbons (Fsp3) is 0.0968. The van der Waals surface area contributed by atoms with Gasteiger partial charge < -0.3 is 0 Å². The van der Waals surface area contributed by atoms with Gasteiger partial charge in [-0.2, -0.15) is 0 Å². The zero-order valence-corrected chi connectivity index (χ0v) is 20.2.